The number of carbonyl (C=O) groups is 2. The van der Waals surface area contributed by atoms with Gasteiger partial charge in [0.05, 0.1) is 0 Å². The highest BCUT2D eigenvalue weighted by atomic mass is 16.4. The van der Waals surface area contributed by atoms with Gasteiger partial charge in [0.15, 0.2) is 0 Å². The van der Waals surface area contributed by atoms with E-state index in [1.165, 1.54) is 0 Å². The number of imidazole rings is 1. The molecule has 0 radical (unpaired) electrons. The molecule has 1 fully saturated rings. The summed E-state index contributed by atoms with van der Waals surface area (Å²) in [5, 5.41) is 12.3. The maximum absolute atomic E-state index is 12.4. The smallest absolute Gasteiger partial charge is 0.329 e. The lowest BCUT2D eigenvalue weighted by atomic mass is 9.77. The minimum absolute atomic E-state index is 0.241. The van der Waals surface area contributed by atoms with Crippen molar-refractivity contribution in [1.82, 2.24) is 14.7 Å². The average Bonchev–Trinajstić information content (AvgIpc) is 2.93. The number of nitrogens with zero attached hydrogens (tertiary/aromatic N) is 2. The second kappa shape index (κ2) is 5.44. The molecule has 3 rings (SSSR count). The van der Waals surface area contributed by atoms with Crippen molar-refractivity contribution in [2.24, 2.45) is 5.92 Å². The normalized spacial score (nSPS) is 25.0. The van der Waals surface area contributed by atoms with Crippen molar-refractivity contribution < 1.29 is 14.7 Å². The highest BCUT2D eigenvalue weighted by Crippen LogP contribution is 2.32. The molecule has 2 heterocycles. The van der Waals surface area contributed by atoms with E-state index in [9.17, 15) is 14.7 Å². The minimum atomic E-state index is -1.17. The molecule has 1 aliphatic carbocycles. The Morgan fingerprint density at radius 3 is 2.73 bits per heavy atom. The van der Waals surface area contributed by atoms with E-state index in [2.05, 4.69) is 17.2 Å². The number of pyridine rings is 1. The number of aromatic nitrogens is 2. The highest BCUT2D eigenvalue weighted by Gasteiger charge is 2.42. The summed E-state index contributed by atoms with van der Waals surface area (Å²) in [7, 11) is 0. The van der Waals surface area contributed by atoms with Crippen molar-refractivity contribution in [3.8, 4) is 0 Å². The van der Waals surface area contributed by atoms with Gasteiger partial charge in [0, 0.05) is 12.4 Å². The van der Waals surface area contributed by atoms with Crippen LogP contribution in [0.25, 0.3) is 5.65 Å². The molecule has 6 nitrogen and oxygen atoms in total. The number of hydrogen-bond acceptors (Lipinski definition) is 3. The first-order valence-electron chi connectivity index (χ1n) is 7.50. The lowest BCUT2D eigenvalue weighted by molar-refractivity contribution is -0.146. The Labute approximate surface area is 128 Å². The second-order valence-electron chi connectivity index (χ2n) is 6.12. The van der Waals surface area contributed by atoms with Crippen LogP contribution in [0.3, 0.4) is 0 Å². The zero-order chi connectivity index (χ0) is 15.7. The van der Waals surface area contributed by atoms with Crippen LogP contribution in [0.5, 0.6) is 0 Å². The molecule has 116 valence electrons. The fraction of sp³-hybridized carbons (Fsp3) is 0.438. The van der Waals surface area contributed by atoms with Gasteiger partial charge >= 0.3 is 5.97 Å². The van der Waals surface area contributed by atoms with Crippen LogP contribution in [0.2, 0.25) is 0 Å². The number of carbonyl (C=O) groups excluding carboxylic acids is 1. The first-order chi connectivity index (χ1) is 10.5. The number of carboxylic acid groups (broad SMARTS) is 1. The van der Waals surface area contributed by atoms with Gasteiger partial charge in [-0.05, 0) is 43.7 Å². The Hall–Kier alpha value is -2.37. The molecule has 0 aromatic carbocycles. The maximum atomic E-state index is 12.4. The number of rotatable bonds is 3. The van der Waals surface area contributed by atoms with Gasteiger partial charge in [0.25, 0.3) is 5.91 Å². The SMILES string of the molecule is CC1CCC(NC(=O)c2cn3ccccc3n2)(C(=O)O)CC1. The van der Waals surface area contributed by atoms with Crippen LogP contribution in [-0.4, -0.2) is 31.9 Å². The summed E-state index contributed by atoms with van der Waals surface area (Å²) >= 11 is 0. The first-order valence-corrected chi connectivity index (χ1v) is 7.50. The van der Waals surface area contributed by atoms with Crippen molar-refractivity contribution in [3.63, 3.8) is 0 Å². The van der Waals surface area contributed by atoms with E-state index in [4.69, 9.17) is 0 Å². The van der Waals surface area contributed by atoms with Crippen LogP contribution in [0.15, 0.2) is 30.6 Å². The molecule has 22 heavy (non-hydrogen) atoms. The molecule has 2 aromatic rings. The molecule has 0 bridgehead atoms. The van der Waals surface area contributed by atoms with Gasteiger partial charge in [-0.15, -0.1) is 0 Å². The van der Waals surface area contributed by atoms with Crippen LogP contribution < -0.4 is 5.32 Å². The third kappa shape index (κ3) is 2.56. The molecule has 2 N–H and O–H groups in total. The molecule has 0 saturated heterocycles. The molecule has 0 spiro atoms. The molecular formula is C16H19N3O3. The largest absolute Gasteiger partial charge is 0.480 e. The predicted molar refractivity (Wildman–Crippen MR) is 80.7 cm³/mol. The van der Waals surface area contributed by atoms with Crippen molar-refractivity contribution in [1.29, 1.82) is 0 Å². The summed E-state index contributed by atoms with van der Waals surface area (Å²) in [4.78, 5) is 28.3. The molecule has 6 heteroatoms. The average molecular weight is 301 g/mol. The fourth-order valence-corrected chi connectivity index (χ4v) is 2.97. The molecular weight excluding hydrogens is 282 g/mol. The minimum Gasteiger partial charge on any atom is -0.480 e. The number of aliphatic carboxylic acids is 1. The summed E-state index contributed by atoms with van der Waals surface area (Å²) in [6.45, 7) is 2.11. The number of fused-ring (bicyclic) bond motifs is 1. The predicted octanol–water partition coefficient (Wildman–Crippen LogP) is 2.10. The number of carboxylic acids is 1. The van der Waals surface area contributed by atoms with Gasteiger partial charge in [0.2, 0.25) is 0 Å². The lowest BCUT2D eigenvalue weighted by Crippen LogP contribution is -2.56. The van der Waals surface area contributed by atoms with Crippen molar-refractivity contribution >= 4 is 17.5 Å². The zero-order valence-corrected chi connectivity index (χ0v) is 12.5. The monoisotopic (exact) mass is 301 g/mol. The Morgan fingerprint density at radius 1 is 1.36 bits per heavy atom. The molecule has 1 saturated carbocycles. The Morgan fingerprint density at radius 2 is 2.09 bits per heavy atom. The third-order valence-electron chi connectivity index (χ3n) is 4.49. The molecule has 2 aromatic heterocycles. The fourth-order valence-electron chi connectivity index (χ4n) is 2.97. The Balaban J connectivity index is 1.83. The summed E-state index contributed by atoms with van der Waals surface area (Å²) in [5.74, 6) is -0.892. The standard InChI is InChI=1S/C16H19N3O3/c1-11-5-7-16(8-6-11,15(21)22)18-14(20)12-10-19-9-3-2-4-13(19)17-12/h2-4,9-11H,5-8H2,1H3,(H,18,20)(H,21,22). The van der Waals surface area contributed by atoms with E-state index in [-0.39, 0.29) is 5.69 Å². The summed E-state index contributed by atoms with van der Waals surface area (Å²) < 4.78 is 1.74. The number of hydrogen-bond donors (Lipinski definition) is 2. The summed E-state index contributed by atoms with van der Waals surface area (Å²) in [6.07, 6.45) is 5.95. The summed E-state index contributed by atoms with van der Waals surface area (Å²) in [5.41, 5.74) is -0.265. The van der Waals surface area contributed by atoms with Gasteiger partial charge in [0.1, 0.15) is 16.9 Å². The third-order valence-corrected chi connectivity index (χ3v) is 4.49. The molecule has 0 unspecified atom stereocenters. The lowest BCUT2D eigenvalue weighted by Gasteiger charge is -2.36. The zero-order valence-electron chi connectivity index (χ0n) is 12.5. The second-order valence-corrected chi connectivity index (χ2v) is 6.12. The van der Waals surface area contributed by atoms with Crippen molar-refractivity contribution in [3.05, 3.63) is 36.3 Å². The quantitative estimate of drug-likeness (QED) is 0.909. The Kier molecular flexibility index (Phi) is 3.60. The van der Waals surface area contributed by atoms with Gasteiger partial charge in [-0.3, -0.25) is 4.79 Å². The molecule has 1 aliphatic rings. The van der Waals surface area contributed by atoms with Crippen molar-refractivity contribution in [2.75, 3.05) is 0 Å². The van der Waals surface area contributed by atoms with Crippen LogP contribution in [0.4, 0.5) is 0 Å². The van der Waals surface area contributed by atoms with Gasteiger partial charge in [-0.25, -0.2) is 9.78 Å². The van der Waals surface area contributed by atoms with E-state index in [0.717, 1.165) is 12.8 Å². The van der Waals surface area contributed by atoms with Gasteiger partial charge in [-0.2, -0.15) is 0 Å². The van der Waals surface area contributed by atoms with Gasteiger partial charge in [-0.1, -0.05) is 13.0 Å². The maximum Gasteiger partial charge on any atom is 0.329 e. The highest BCUT2D eigenvalue weighted by molar-refractivity contribution is 5.96. The number of nitrogens with one attached hydrogen (secondary N) is 1. The van der Waals surface area contributed by atoms with E-state index in [0.29, 0.717) is 24.4 Å². The molecule has 0 atom stereocenters. The molecule has 1 amide bonds. The topological polar surface area (TPSA) is 83.7 Å². The Bertz CT molecular complexity index is 681. The molecule has 0 aliphatic heterocycles. The number of amides is 1. The van der Waals surface area contributed by atoms with Crippen LogP contribution in [0, 0.1) is 5.92 Å². The van der Waals surface area contributed by atoms with Crippen molar-refractivity contribution in [2.45, 2.75) is 38.1 Å². The van der Waals surface area contributed by atoms with Crippen LogP contribution in [0.1, 0.15) is 43.1 Å². The summed E-state index contributed by atoms with van der Waals surface area (Å²) in [6, 6.07) is 5.48. The van der Waals surface area contributed by atoms with E-state index in [1.807, 2.05) is 12.1 Å². The van der Waals surface area contributed by atoms with Gasteiger partial charge < -0.3 is 14.8 Å². The van der Waals surface area contributed by atoms with Crippen LogP contribution in [-0.2, 0) is 4.79 Å². The van der Waals surface area contributed by atoms with E-state index < -0.39 is 17.4 Å². The van der Waals surface area contributed by atoms with E-state index >= 15 is 0 Å². The first kappa shape index (κ1) is 14.6. The van der Waals surface area contributed by atoms with E-state index in [1.54, 1.807) is 22.9 Å². The van der Waals surface area contributed by atoms with Crippen LogP contribution >= 0.6 is 0 Å².